The number of hydrogen-bond acceptors (Lipinski definition) is 4. The molecule has 0 radical (unpaired) electrons. The van der Waals surface area contributed by atoms with Crippen LogP contribution in [-0.2, 0) is 9.53 Å². The fraction of sp³-hybridized carbons (Fsp3) is 0.650. The highest BCUT2D eigenvalue weighted by Gasteiger charge is 2.33. The van der Waals surface area contributed by atoms with Gasteiger partial charge in [0.05, 0.1) is 12.7 Å². The molecule has 0 bridgehead atoms. The lowest BCUT2D eigenvalue weighted by molar-refractivity contribution is -0.137. The Morgan fingerprint density at radius 1 is 1.32 bits per heavy atom. The van der Waals surface area contributed by atoms with E-state index < -0.39 is 0 Å². The van der Waals surface area contributed by atoms with Gasteiger partial charge < -0.3 is 20.1 Å². The van der Waals surface area contributed by atoms with E-state index in [1.54, 1.807) is 7.11 Å². The summed E-state index contributed by atoms with van der Waals surface area (Å²) in [6.07, 6.45) is 3.22. The van der Waals surface area contributed by atoms with Crippen molar-refractivity contribution in [1.82, 2.24) is 4.90 Å². The first-order valence-corrected chi connectivity index (χ1v) is 9.15. The van der Waals surface area contributed by atoms with Gasteiger partial charge in [-0.15, -0.1) is 0 Å². The van der Waals surface area contributed by atoms with Gasteiger partial charge in [0.15, 0.2) is 0 Å². The highest BCUT2D eigenvalue weighted by atomic mass is 16.5. The predicted octanol–water partition coefficient (Wildman–Crippen LogP) is 2.67. The van der Waals surface area contributed by atoms with Gasteiger partial charge in [0.1, 0.15) is 5.75 Å². The monoisotopic (exact) mass is 348 g/mol. The van der Waals surface area contributed by atoms with E-state index in [1.165, 1.54) is 5.56 Å². The number of hydrogen-bond donors (Lipinski definition) is 1. The summed E-state index contributed by atoms with van der Waals surface area (Å²) in [6.45, 7) is 5.43. The Kier molecular flexibility index (Phi) is 7.26. The van der Waals surface area contributed by atoms with Gasteiger partial charge in [0.25, 0.3) is 0 Å². The molecular weight excluding hydrogens is 316 g/mol. The second kappa shape index (κ2) is 9.20. The zero-order chi connectivity index (χ0) is 18.4. The molecule has 140 valence electrons. The summed E-state index contributed by atoms with van der Waals surface area (Å²) in [5, 5.41) is 0. The first-order chi connectivity index (χ1) is 11.9. The summed E-state index contributed by atoms with van der Waals surface area (Å²) >= 11 is 0. The summed E-state index contributed by atoms with van der Waals surface area (Å²) < 4.78 is 11.3. The number of nitrogens with two attached hydrogens (primary N) is 1. The molecule has 25 heavy (non-hydrogen) atoms. The Morgan fingerprint density at radius 2 is 2.08 bits per heavy atom. The van der Waals surface area contributed by atoms with Crippen LogP contribution in [0.5, 0.6) is 5.75 Å². The topological polar surface area (TPSA) is 64.8 Å². The highest BCUT2D eigenvalue weighted by molar-refractivity contribution is 5.78. The summed E-state index contributed by atoms with van der Waals surface area (Å²) in [6, 6.07) is 6.23. The van der Waals surface area contributed by atoms with Crippen molar-refractivity contribution in [3.8, 4) is 5.75 Å². The molecule has 1 aliphatic carbocycles. The first kappa shape index (κ1) is 19.7. The molecule has 0 spiro atoms. The molecule has 1 aromatic rings. The molecule has 1 amide bonds. The number of rotatable bonds is 7. The van der Waals surface area contributed by atoms with Crippen LogP contribution in [0.15, 0.2) is 18.2 Å². The minimum absolute atomic E-state index is 0.0102. The maximum absolute atomic E-state index is 12.6. The van der Waals surface area contributed by atoms with Crippen LogP contribution < -0.4 is 10.5 Å². The van der Waals surface area contributed by atoms with E-state index in [4.69, 9.17) is 15.2 Å². The van der Waals surface area contributed by atoms with Crippen molar-refractivity contribution in [2.24, 2.45) is 11.7 Å². The van der Waals surface area contributed by atoms with E-state index in [9.17, 15) is 4.79 Å². The number of ether oxygens (including phenoxy) is 2. The molecule has 0 unspecified atom stereocenters. The lowest BCUT2D eigenvalue weighted by Crippen LogP contribution is -2.45. The van der Waals surface area contributed by atoms with Crippen LogP contribution in [-0.4, -0.2) is 50.3 Å². The normalized spacial score (nSPS) is 23.3. The number of aryl methyl sites for hydroxylation is 2. The van der Waals surface area contributed by atoms with Gasteiger partial charge in [0.2, 0.25) is 5.91 Å². The van der Waals surface area contributed by atoms with Crippen LogP contribution in [0.3, 0.4) is 0 Å². The van der Waals surface area contributed by atoms with Gasteiger partial charge in [-0.3, -0.25) is 4.79 Å². The Hall–Kier alpha value is -1.59. The third kappa shape index (κ3) is 5.44. The minimum atomic E-state index is -0.0102. The van der Waals surface area contributed by atoms with Gasteiger partial charge in [-0.2, -0.15) is 0 Å². The number of carbonyl (C=O) groups is 1. The van der Waals surface area contributed by atoms with E-state index in [0.717, 1.165) is 37.0 Å². The molecule has 0 heterocycles. The maximum atomic E-state index is 12.6. The van der Waals surface area contributed by atoms with Crippen molar-refractivity contribution >= 4 is 5.91 Å². The lowest BCUT2D eigenvalue weighted by atomic mass is 9.83. The molecule has 3 atom stereocenters. The smallest absolute Gasteiger partial charge is 0.225 e. The predicted molar refractivity (Wildman–Crippen MR) is 99.8 cm³/mol. The van der Waals surface area contributed by atoms with Crippen LogP contribution in [0.2, 0.25) is 0 Å². The number of amides is 1. The van der Waals surface area contributed by atoms with Gasteiger partial charge in [0, 0.05) is 32.7 Å². The molecule has 1 saturated carbocycles. The minimum Gasteiger partial charge on any atom is -0.493 e. The number of benzene rings is 1. The summed E-state index contributed by atoms with van der Waals surface area (Å²) in [4.78, 5) is 14.4. The summed E-state index contributed by atoms with van der Waals surface area (Å²) in [5.41, 5.74) is 8.42. The fourth-order valence-electron chi connectivity index (χ4n) is 3.51. The van der Waals surface area contributed by atoms with Crippen LogP contribution in [0, 0.1) is 19.8 Å². The third-order valence-corrected chi connectivity index (χ3v) is 5.10. The van der Waals surface area contributed by atoms with E-state index in [0.29, 0.717) is 13.2 Å². The summed E-state index contributed by atoms with van der Waals surface area (Å²) in [5.74, 6) is 1.14. The van der Waals surface area contributed by atoms with E-state index in [-0.39, 0.29) is 24.0 Å². The van der Waals surface area contributed by atoms with Crippen LogP contribution in [0.4, 0.5) is 0 Å². The Balaban J connectivity index is 1.74. The molecule has 5 heteroatoms. The van der Waals surface area contributed by atoms with Crippen LogP contribution in [0.25, 0.3) is 0 Å². The van der Waals surface area contributed by atoms with Gasteiger partial charge in [-0.25, -0.2) is 0 Å². The van der Waals surface area contributed by atoms with Crippen molar-refractivity contribution in [3.05, 3.63) is 29.3 Å². The van der Waals surface area contributed by atoms with E-state index in [1.807, 2.05) is 18.0 Å². The molecule has 2 rings (SSSR count). The molecule has 1 aliphatic rings. The molecule has 0 saturated heterocycles. The van der Waals surface area contributed by atoms with Gasteiger partial charge >= 0.3 is 0 Å². The quantitative estimate of drug-likeness (QED) is 0.770. The second-order valence-electron chi connectivity index (χ2n) is 7.18. The molecule has 2 N–H and O–H groups in total. The highest BCUT2D eigenvalue weighted by Crippen LogP contribution is 2.27. The Labute approximate surface area is 151 Å². The summed E-state index contributed by atoms with van der Waals surface area (Å²) in [7, 11) is 3.54. The molecule has 0 aliphatic heterocycles. The zero-order valence-electron chi connectivity index (χ0n) is 16.0. The lowest BCUT2D eigenvalue weighted by Gasteiger charge is -2.34. The largest absolute Gasteiger partial charge is 0.493 e. The molecule has 0 aromatic heterocycles. The molecular formula is C20H32N2O3. The third-order valence-electron chi connectivity index (χ3n) is 5.10. The standard InChI is InChI=1S/C20H32N2O3/c1-14-6-9-18(15(2)12-14)25-11-5-10-22(3)20(23)16-7-8-17(21)19(13-16)24-4/h6,9,12,16-17,19H,5,7-8,10-11,13,21H2,1-4H3/t16-,17-,19-/m0/s1. The van der Waals surface area contributed by atoms with E-state index >= 15 is 0 Å². The number of carbonyl (C=O) groups excluding carboxylic acids is 1. The van der Waals surface area contributed by atoms with Gasteiger partial charge in [-0.1, -0.05) is 17.7 Å². The van der Waals surface area contributed by atoms with Crippen molar-refractivity contribution < 1.29 is 14.3 Å². The van der Waals surface area contributed by atoms with Crippen molar-refractivity contribution in [3.63, 3.8) is 0 Å². The second-order valence-corrected chi connectivity index (χ2v) is 7.18. The molecule has 1 fully saturated rings. The first-order valence-electron chi connectivity index (χ1n) is 9.15. The average Bonchev–Trinajstić information content (AvgIpc) is 2.59. The van der Waals surface area contributed by atoms with Gasteiger partial charge in [-0.05, 0) is 51.2 Å². The average molecular weight is 348 g/mol. The van der Waals surface area contributed by atoms with Crippen molar-refractivity contribution in [2.45, 2.75) is 51.7 Å². The SMILES string of the molecule is CO[C@H]1C[C@@H](C(=O)N(C)CCCOc2ccc(C)cc2C)CC[C@@H]1N. The number of nitrogens with zero attached hydrogens (tertiary/aromatic N) is 1. The zero-order valence-corrected chi connectivity index (χ0v) is 16.0. The van der Waals surface area contributed by atoms with Crippen LogP contribution >= 0.6 is 0 Å². The molecule has 5 nitrogen and oxygen atoms in total. The van der Waals surface area contributed by atoms with Crippen molar-refractivity contribution in [2.75, 3.05) is 27.3 Å². The molecule has 1 aromatic carbocycles. The maximum Gasteiger partial charge on any atom is 0.225 e. The van der Waals surface area contributed by atoms with Crippen LogP contribution in [0.1, 0.15) is 36.8 Å². The Morgan fingerprint density at radius 3 is 2.76 bits per heavy atom. The van der Waals surface area contributed by atoms with E-state index in [2.05, 4.69) is 26.0 Å². The fourth-order valence-corrected chi connectivity index (χ4v) is 3.51. The number of methoxy groups -OCH3 is 1. The van der Waals surface area contributed by atoms with Crippen molar-refractivity contribution in [1.29, 1.82) is 0 Å². The Bertz CT molecular complexity index is 576.